The number of hydrogen-bond acceptors (Lipinski definition) is 4. The Kier molecular flexibility index (Phi) is 5.82. The molecular formula is C29H20N2O3. The SMILES string of the molecule is O=[N+]([O-])c1ccc(Oc2ccc(-c3cc(-c4ccccc4)nc(-c4ccccc4)c3)cc2)cc1. The molecule has 0 saturated heterocycles. The lowest BCUT2D eigenvalue weighted by molar-refractivity contribution is -0.384. The molecule has 0 aliphatic carbocycles. The van der Waals surface area contributed by atoms with E-state index in [9.17, 15) is 10.1 Å². The fourth-order valence-corrected chi connectivity index (χ4v) is 3.70. The van der Waals surface area contributed by atoms with E-state index in [2.05, 4.69) is 36.4 Å². The monoisotopic (exact) mass is 444 g/mol. The van der Waals surface area contributed by atoms with Crippen molar-refractivity contribution in [3.8, 4) is 45.1 Å². The van der Waals surface area contributed by atoms with Crippen molar-refractivity contribution in [2.45, 2.75) is 0 Å². The van der Waals surface area contributed by atoms with Crippen molar-refractivity contribution in [3.63, 3.8) is 0 Å². The van der Waals surface area contributed by atoms with Crippen molar-refractivity contribution >= 4 is 5.69 Å². The number of nitrogens with zero attached hydrogens (tertiary/aromatic N) is 2. The van der Waals surface area contributed by atoms with Crippen LogP contribution in [0.1, 0.15) is 0 Å². The molecule has 0 spiro atoms. The summed E-state index contributed by atoms with van der Waals surface area (Å²) in [6, 6.07) is 38.3. The van der Waals surface area contributed by atoms with E-state index in [1.165, 1.54) is 12.1 Å². The molecule has 5 heteroatoms. The third kappa shape index (κ3) is 4.69. The fraction of sp³-hybridized carbons (Fsp3) is 0. The first-order valence-corrected chi connectivity index (χ1v) is 10.8. The zero-order valence-corrected chi connectivity index (χ0v) is 18.2. The maximum absolute atomic E-state index is 10.8. The van der Waals surface area contributed by atoms with E-state index in [1.807, 2.05) is 60.7 Å². The first-order chi connectivity index (χ1) is 16.7. The van der Waals surface area contributed by atoms with Crippen LogP contribution in [0, 0.1) is 10.1 Å². The van der Waals surface area contributed by atoms with Crippen molar-refractivity contribution in [2.24, 2.45) is 0 Å². The van der Waals surface area contributed by atoms with Crippen molar-refractivity contribution in [1.29, 1.82) is 0 Å². The molecular weight excluding hydrogens is 424 g/mol. The average Bonchev–Trinajstić information content (AvgIpc) is 2.90. The van der Waals surface area contributed by atoms with Gasteiger partial charge < -0.3 is 4.74 Å². The van der Waals surface area contributed by atoms with E-state index >= 15 is 0 Å². The number of hydrogen-bond donors (Lipinski definition) is 0. The summed E-state index contributed by atoms with van der Waals surface area (Å²) >= 11 is 0. The van der Waals surface area contributed by atoms with Crippen molar-refractivity contribution in [1.82, 2.24) is 4.98 Å². The topological polar surface area (TPSA) is 65.3 Å². The van der Waals surface area contributed by atoms with Crippen LogP contribution in [-0.2, 0) is 0 Å². The highest BCUT2D eigenvalue weighted by Gasteiger charge is 2.10. The van der Waals surface area contributed by atoms with Gasteiger partial charge in [-0.1, -0.05) is 72.8 Å². The molecule has 0 radical (unpaired) electrons. The molecule has 4 aromatic carbocycles. The summed E-state index contributed by atoms with van der Waals surface area (Å²) in [5, 5.41) is 10.8. The first kappa shape index (κ1) is 21.1. The molecule has 0 atom stereocenters. The van der Waals surface area contributed by atoms with Gasteiger partial charge in [-0.3, -0.25) is 10.1 Å². The molecule has 5 nitrogen and oxygen atoms in total. The van der Waals surface area contributed by atoms with E-state index in [4.69, 9.17) is 9.72 Å². The van der Waals surface area contributed by atoms with E-state index < -0.39 is 4.92 Å². The minimum Gasteiger partial charge on any atom is -0.457 e. The van der Waals surface area contributed by atoms with Crippen LogP contribution in [-0.4, -0.2) is 9.91 Å². The lowest BCUT2D eigenvalue weighted by Gasteiger charge is -2.11. The van der Waals surface area contributed by atoms with Crippen LogP contribution in [0.3, 0.4) is 0 Å². The van der Waals surface area contributed by atoms with Gasteiger partial charge in [-0.25, -0.2) is 4.98 Å². The smallest absolute Gasteiger partial charge is 0.269 e. The molecule has 0 fully saturated rings. The van der Waals surface area contributed by atoms with Gasteiger partial charge in [0, 0.05) is 23.3 Å². The number of aromatic nitrogens is 1. The zero-order valence-electron chi connectivity index (χ0n) is 18.2. The largest absolute Gasteiger partial charge is 0.457 e. The average molecular weight is 444 g/mol. The number of nitro groups is 1. The Hall–Kier alpha value is -4.77. The molecule has 0 bridgehead atoms. The van der Waals surface area contributed by atoms with Crippen molar-refractivity contribution in [3.05, 3.63) is 131 Å². The summed E-state index contributed by atoms with van der Waals surface area (Å²) in [5.41, 5.74) is 6.04. The second kappa shape index (κ2) is 9.38. The molecule has 0 aliphatic heterocycles. The van der Waals surface area contributed by atoms with Crippen LogP contribution >= 0.6 is 0 Å². The summed E-state index contributed by atoms with van der Waals surface area (Å²) in [5.74, 6) is 1.19. The minimum atomic E-state index is -0.430. The summed E-state index contributed by atoms with van der Waals surface area (Å²) in [4.78, 5) is 15.3. The molecule has 0 saturated carbocycles. The molecule has 34 heavy (non-hydrogen) atoms. The quantitative estimate of drug-likeness (QED) is 0.198. The van der Waals surface area contributed by atoms with Gasteiger partial charge >= 0.3 is 0 Å². The third-order valence-electron chi connectivity index (χ3n) is 5.44. The number of non-ortho nitro benzene ring substituents is 1. The zero-order chi connectivity index (χ0) is 23.3. The Balaban J connectivity index is 1.47. The molecule has 1 aromatic heterocycles. The molecule has 5 rings (SSSR count). The predicted octanol–water partition coefficient (Wildman–Crippen LogP) is 7.78. The molecule has 164 valence electrons. The normalized spacial score (nSPS) is 10.6. The lowest BCUT2D eigenvalue weighted by atomic mass is 10.00. The van der Waals surface area contributed by atoms with Gasteiger partial charge in [0.25, 0.3) is 5.69 Å². The van der Waals surface area contributed by atoms with Crippen molar-refractivity contribution < 1.29 is 9.66 Å². The Morgan fingerprint density at radius 3 is 1.50 bits per heavy atom. The molecule has 1 heterocycles. The molecule has 0 unspecified atom stereocenters. The van der Waals surface area contributed by atoms with Gasteiger partial charge in [0.1, 0.15) is 11.5 Å². The number of rotatable bonds is 6. The van der Waals surface area contributed by atoms with Crippen LogP contribution in [0.4, 0.5) is 5.69 Å². The Labute approximate surface area is 197 Å². The van der Waals surface area contributed by atoms with Crippen LogP contribution in [0.25, 0.3) is 33.6 Å². The second-order valence-electron chi connectivity index (χ2n) is 7.74. The van der Waals surface area contributed by atoms with Gasteiger partial charge in [-0.2, -0.15) is 0 Å². The van der Waals surface area contributed by atoms with Crippen LogP contribution < -0.4 is 4.74 Å². The van der Waals surface area contributed by atoms with Crippen LogP contribution in [0.5, 0.6) is 11.5 Å². The van der Waals surface area contributed by atoms with Gasteiger partial charge in [0.15, 0.2) is 0 Å². The molecule has 0 amide bonds. The molecule has 0 aliphatic rings. The third-order valence-corrected chi connectivity index (χ3v) is 5.44. The van der Waals surface area contributed by atoms with Gasteiger partial charge in [-0.15, -0.1) is 0 Å². The van der Waals surface area contributed by atoms with E-state index in [0.29, 0.717) is 11.5 Å². The number of ether oxygens (including phenoxy) is 1. The summed E-state index contributed by atoms with van der Waals surface area (Å²) < 4.78 is 5.86. The van der Waals surface area contributed by atoms with E-state index in [1.54, 1.807) is 12.1 Å². The minimum absolute atomic E-state index is 0.0313. The highest BCUT2D eigenvalue weighted by Crippen LogP contribution is 2.32. The Bertz CT molecular complexity index is 1360. The second-order valence-corrected chi connectivity index (χ2v) is 7.74. The number of pyridine rings is 1. The van der Waals surface area contributed by atoms with Crippen LogP contribution in [0.15, 0.2) is 121 Å². The summed E-state index contributed by atoms with van der Waals surface area (Å²) in [7, 11) is 0. The van der Waals surface area contributed by atoms with Gasteiger partial charge in [0.05, 0.1) is 16.3 Å². The summed E-state index contributed by atoms with van der Waals surface area (Å²) in [6.07, 6.45) is 0. The molecule has 0 N–H and O–H groups in total. The van der Waals surface area contributed by atoms with Gasteiger partial charge in [0.2, 0.25) is 0 Å². The van der Waals surface area contributed by atoms with E-state index in [-0.39, 0.29) is 5.69 Å². The Morgan fingerprint density at radius 1 is 0.559 bits per heavy atom. The standard InChI is InChI=1S/C29H20N2O3/c32-31(33)25-13-17-27(18-14-25)34-26-15-11-21(12-16-26)24-19-28(22-7-3-1-4-8-22)30-29(20-24)23-9-5-2-6-10-23/h1-20H. The van der Waals surface area contributed by atoms with E-state index in [0.717, 1.165) is 33.6 Å². The van der Waals surface area contributed by atoms with Crippen LogP contribution in [0.2, 0.25) is 0 Å². The number of nitro benzene ring substituents is 1. The van der Waals surface area contributed by atoms with Gasteiger partial charge in [-0.05, 0) is 47.5 Å². The first-order valence-electron chi connectivity index (χ1n) is 10.8. The fourth-order valence-electron chi connectivity index (χ4n) is 3.70. The highest BCUT2D eigenvalue weighted by molar-refractivity contribution is 5.76. The lowest BCUT2D eigenvalue weighted by Crippen LogP contribution is -1.91. The maximum Gasteiger partial charge on any atom is 0.269 e. The molecule has 5 aromatic rings. The number of benzene rings is 4. The highest BCUT2D eigenvalue weighted by atomic mass is 16.6. The summed E-state index contributed by atoms with van der Waals surface area (Å²) in [6.45, 7) is 0. The predicted molar refractivity (Wildman–Crippen MR) is 134 cm³/mol. The van der Waals surface area contributed by atoms with Crippen molar-refractivity contribution in [2.75, 3.05) is 0 Å². The maximum atomic E-state index is 10.8. The Morgan fingerprint density at radius 2 is 1.03 bits per heavy atom.